The summed E-state index contributed by atoms with van der Waals surface area (Å²) < 4.78 is 1.51. The Morgan fingerprint density at radius 1 is 1.53 bits per heavy atom. The zero-order chi connectivity index (χ0) is 12.4. The van der Waals surface area contributed by atoms with Gasteiger partial charge in [0.2, 0.25) is 0 Å². The van der Waals surface area contributed by atoms with E-state index in [-0.39, 0.29) is 5.91 Å². The van der Waals surface area contributed by atoms with Crippen LogP contribution in [0, 0.1) is 6.92 Å². The Bertz CT molecular complexity index is 561. The molecule has 0 aliphatic carbocycles. The van der Waals surface area contributed by atoms with Crippen molar-refractivity contribution in [3.63, 3.8) is 0 Å². The van der Waals surface area contributed by atoms with E-state index in [0.717, 1.165) is 5.56 Å². The summed E-state index contributed by atoms with van der Waals surface area (Å²) in [5, 5.41) is 6.62. The molecular weight excluding hydrogens is 218 g/mol. The van der Waals surface area contributed by atoms with Crippen LogP contribution in [0.3, 0.4) is 0 Å². The minimum atomic E-state index is -0.233. The fourth-order valence-corrected chi connectivity index (χ4v) is 1.35. The Morgan fingerprint density at radius 2 is 2.29 bits per heavy atom. The molecule has 3 N–H and O–H groups in total. The molecule has 0 aliphatic heterocycles. The van der Waals surface area contributed by atoms with Gasteiger partial charge in [0.15, 0.2) is 11.5 Å². The number of hydrogen-bond donors (Lipinski definition) is 2. The second-order valence-electron chi connectivity index (χ2n) is 3.62. The van der Waals surface area contributed by atoms with E-state index in [2.05, 4.69) is 15.4 Å². The van der Waals surface area contributed by atoms with Gasteiger partial charge in [-0.05, 0) is 18.6 Å². The topological polar surface area (TPSA) is 85.8 Å². The molecule has 2 aromatic rings. The monoisotopic (exact) mass is 231 g/mol. The molecule has 0 spiro atoms. The number of nitrogens with one attached hydrogen (secondary N) is 1. The number of rotatable bonds is 2. The maximum Gasteiger partial charge on any atom is 0.271 e. The summed E-state index contributed by atoms with van der Waals surface area (Å²) in [6, 6.07) is 3.34. The Kier molecular flexibility index (Phi) is 2.78. The van der Waals surface area contributed by atoms with Crippen molar-refractivity contribution in [2.45, 2.75) is 6.92 Å². The van der Waals surface area contributed by atoms with E-state index in [1.807, 2.05) is 6.92 Å². The van der Waals surface area contributed by atoms with Crippen molar-refractivity contribution in [1.82, 2.24) is 20.1 Å². The molecular formula is C11H13N5O. The molecule has 0 atom stereocenters. The number of hydrogen-bond acceptors (Lipinski definition) is 4. The van der Waals surface area contributed by atoms with E-state index >= 15 is 0 Å². The van der Waals surface area contributed by atoms with E-state index in [4.69, 9.17) is 5.73 Å². The number of carbonyl (C=O) groups is 1. The molecule has 1 amide bonds. The molecule has 0 saturated carbocycles. The van der Waals surface area contributed by atoms with E-state index in [1.165, 1.54) is 4.68 Å². The van der Waals surface area contributed by atoms with Gasteiger partial charge in [-0.2, -0.15) is 5.10 Å². The maximum absolute atomic E-state index is 11.3. The summed E-state index contributed by atoms with van der Waals surface area (Å²) in [7, 11) is 1.56. The van der Waals surface area contributed by atoms with Crippen LogP contribution in [0.1, 0.15) is 16.1 Å². The quantitative estimate of drug-likeness (QED) is 0.788. The first-order chi connectivity index (χ1) is 8.11. The fraction of sp³-hybridized carbons (Fsp3) is 0.182. The lowest BCUT2D eigenvalue weighted by atomic mass is 10.2. The van der Waals surface area contributed by atoms with Crippen LogP contribution in [0.4, 0.5) is 5.69 Å². The molecule has 6 nitrogen and oxygen atoms in total. The Hall–Kier alpha value is -2.37. The van der Waals surface area contributed by atoms with Crippen molar-refractivity contribution in [3.8, 4) is 5.82 Å². The molecule has 0 aliphatic rings. The van der Waals surface area contributed by atoms with Gasteiger partial charge in [-0.15, -0.1) is 0 Å². The lowest BCUT2D eigenvalue weighted by Crippen LogP contribution is -2.18. The van der Waals surface area contributed by atoms with Gasteiger partial charge < -0.3 is 11.1 Å². The number of anilines is 1. The van der Waals surface area contributed by atoms with Gasteiger partial charge in [-0.25, -0.2) is 9.67 Å². The minimum Gasteiger partial charge on any atom is -0.398 e. The summed E-state index contributed by atoms with van der Waals surface area (Å²) in [6.07, 6.45) is 3.34. The number of pyridine rings is 1. The van der Waals surface area contributed by atoms with Crippen LogP contribution in [0.2, 0.25) is 0 Å². The average molecular weight is 231 g/mol. The Morgan fingerprint density at radius 3 is 2.94 bits per heavy atom. The van der Waals surface area contributed by atoms with E-state index in [1.54, 1.807) is 31.6 Å². The fourth-order valence-electron chi connectivity index (χ4n) is 1.35. The van der Waals surface area contributed by atoms with E-state index < -0.39 is 0 Å². The molecule has 0 aromatic carbocycles. The maximum atomic E-state index is 11.3. The van der Waals surface area contributed by atoms with Crippen LogP contribution in [-0.2, 0) is 0 Å². The summed E-state index contributed by atoms with van der Waals surface area (Å²) >= 11 is 0. The number of carbonyl (C=O) groups excluding carboxylic acids is 1. The lowest BCUT2D eigenvalue weighted by Gasteiger charge is -2.03. The van der Waals surface area contributed by atoms with Crippen molar-refractivity contribution >= 4 is 11.6 Å². The lowest BCUT2D eigenvalue weighted by molar-refractivity contribution is 0.0957. The second-order valence-corrected chi connectivity index (χ2v) is 3.62. The van der Waals surface area contributed by atoms with Crippen LogP contribution in [0.25, 0.3) is 5.82 Å². The van der Waals surface area contributed by atoms with E-state index in [0.29, 0.717) is 17.2 Å². The van der Waals surface area contributed by atoms with Crippen molar-refractivity contribution in [2.24, 2.45) is 0 Å². The van der Waals surface area contributed by atoms with Crippen molar-refractivity contribution in [2.75, 3.05) is 12.8 Å². The van der Waals surface area contributed by atoms with Crippen LogP contribution >= 0.6 is 0 Å². The average Bonchev–Trinajstić information content (AvgIpc) is 2.81. The van der Waals surface area contributed by atoms with Gasteiger partial charge in [0.25, 0.3) is 5.91 Å². The number of aryl methyl sites for hydroxylation is 1. The van der Waals surface area contributed by atoms with Gasteiger partial charge in [0, 0.05) is 31.2 Å². The standard InChI is InChI=1S/C11H13N5O/c1-7-6-14-10(5-8(7)12)16-4-3-9(15-16)11(17)13-2/h3-6H,1-2H3,(H2,12,14)(H,13,17). The van der Waals surface area contributed by atoms with Gasteiger partial charge in [0.1, 0.15) is 0 Å². The summed E-state index contributed by atoms with van der Waals surface area (Å²) in [6.45, 7) is 1.88. The van der Waals surface area contributed by atoms with Crippen molar-refractivity contribution < 1.29 is 4.79 Å². The third kappa shape index (κ3) is 2.10. The van der Waals surface area contributed by atoms with Gasteiger partial charge in [0.05, 0.1) is 0 Å². The van der Waals surface area contributed by atoms with Crippen LogP contribution in [-0.4, -0.2) is 27.7 Å². The first kappa shape index (κ1) is 11.1. The summed E-state index contributed by atoms with van der Waals surface area (Å²) in [4.78, 5) is 15.5. The first-order valence-corrected chi connectivity index (χ1v) is 5.12. The molecule has 0 radical (unpaired) electrons. The molecule has 0 fully saturated rings. The molecule has 2 aromatic heterocycles. The summed E-state index contributed by atoms with van der Waals surface area (Å²) in [5.74, 6) is 0.354. The molecule has 2 rings (SSSR count). The van der Waals surface area contributed by atoms with Crippen LogP contribution in [0.5, 0.6) is 0 Å². The first-order valence-electron chi connectivity index (χ1n) is 5.12. The molecule has 0 saturated heterocycles. The Labute approximate surface area is 98.5 Å². The SMILES string of the molecule is CNC(=O)c1ccn(-c2cc(N)c(C)cn2)n1. The van der Waals surface area contributed by atoms with E-state index in [9.17, 15) is 4.79 Å². The third-order valence-corrected chi connectivity index (χ3v) is 2.41. The minimum absolute atomic E-state index is 0.233. The highest BCUT2D eigenvalue weighted by Gasteiger charge is 2.08. The molecule has 2 heterocycles. The molecule has 6 heteroatoms. The molecule has 0 bridgehead atoms. The molecule has 0 unspecified atom stereocenters. The van der Waals surface area contributed by atoms with Gasteiger partial charge in [-0.3, -0.25) is 4.79 Å². The van der Waals surface area contributed by atoms with Crippen molar-refractivity contribution in [3.05, 3.63) is 35.8 Å². The number of amides is 1. The summed E-state index contributed by atoms with van der Waals surface area (Å²) in [5.41, 5.74) is 7.69. The highest BCUT2D eigenvalue weighted by atomic mass is 16.1. The largest absolute Gasteiger partial charge is 0.398 e. The smallest absolute Gasteiger partial charge is 0.271 e. The van der Waals surface area contributed by atoms with Crippen LogP contribution in [0.15, 0.2) is 24.5 Å². The van der Waals surface area contributed by atoms with Gasteiger partial charge in [-0.1, -0.05) is 0 Å². The zero-order valence-corrected chi connectivity index (χ0v) is 9.64. The number of aromatic nitrogens is 3. The van der Waals surface area contributed by atoms with Crippen LogP contribution < -0.4 is 11.1 Å². The highest BCUT2D eigenvalue weighted by molar-refractivity contribution is 5.91. The Balaban J connectivity index is 2.37. The molecule has 88 valence electrons. The predicted octanol–water partition coefficient (Wildman–Crippen LogP) is 0.518. The number of nitrogens with zero attached hydrogens (tertiary/aromatic N) is 3. The normalized spacial score (nSPS) is 10.2. The highest BCUT2D eigenvalue weighted by Crippen LogP contribution is 2.13. The van der Waals surface area contributed by atoms with Gasteiger partial charge >= 0.3 is 0 Å². The van der Waals surface area contributed by atoms with Crippen molar-refractivity contribution in [1.29, 1.82) is 0 Å². The predicted molar refractivity (Wildman–Crippen MR) is 63.9 cm³/mol. The molecule has 17 heavy (non-hydrogen) atoms. The number of nitrogens with two attached hydrogens (primary N) is 1. The number of nitrogen functional groups attached to an aromatic ring is 1. The zero-order valence-electron chi connectivity index (χ0n) is 9.64. The third-order valence-electron chi connectivity index (χ3n) is 2.41. The second kappa shape index (κ2) is 4.25.